The molecule has 4 heterocycles. The van der Waals surface area contributed by atoms with Crippen LogP contribution in [0.4, 0.5) is 0 Å². The van der Waals surface area contributed by atoms with Crippen LogP contribution in [0.1, 0.15) is 40.3 Å². The molecule has 180 valence electrons. The lowest BCUT2D eigenvalue weighted by Crippen LogP contribution is -2.43. The number of ether oxygens (including phenoxy) is 1. The van der Waals surface area contributed by atoms with Gasteiger partial charge >= 0.3 is 0 Å². The quantitative estimate of drug-likeness (QED) is 0.554. The highest BCUT2D eigenvalue weighted by molar-refractivity contribution is 6.33. The van der Waals surface area contributed by atoms with Gasteiger partial charge in [-0.1, -0.05) is 11.6 Å². The third-order valence-corrected chi connectivity index (χ3v) is 6.68. The van der Waals surface area contributed by atoms with Gasteiger partial charge in [0.15, 0.2) is 5.69 Å². The van der Waals surface area contributed by atoms with Gasteiger partial charge < -0.3 is 15.0 Å². The molecule has 0 spiro atoms. The van der Waals surface area contributed by atoms with Crippen LogP contribution in [0.3, 0.4) is 0 Å². The molecule has 2 N–H and O–H groups in total. The number of amides is 2. The molecule has 0 atom stereocenters. The van der Waals surface area contributed by atoms with Crippen LogP contribution in [-0.2, 0) is 18.4 Å². The molecule has 3 aromatic rings. The second-order valence-electron chi connectivity index (χ2n) is 8.43. The molecule has 0 aliphatic carbocycles. The van der Waals surface area contributed by atoms with Gasteiger partial charge in [-0.2, -0.15) is 10.2 Å². The maximum absolute atomic E-state index is 13.0. The summed E-state index contributed by atoms with van der Waals surface area (Å²) >= 11 is 6.25. The third kappa shape index (κ3) is 4.77. The number of likely N-dealkylation sites (tertiary alicyclic amines) is 1. The summed E-state index contributed by atoms with van der Waals surface area (Å²) in [5, 5.41) is 14.9. The highest BCUT2D eigenvalue weighted by atomic mass is 35.5. The highest BCUT2D eigenvalue weighted by Gasteiger charge is 2.29. The summed E-state index contributed by atoms with van der Waals surface area (Å²) in [5.74, 6) is 0.119. The van der Waals surface area contributed by atoms with Crippen molar-refractivity contribution in [3.8, 4) is 17.1 Å². The van der Waals surface area contributed by atoms with Gasteiger partial charge in [-0.05, 0) is 32.8 Å². The highest BCUT2D eigenvalue weighted by Crippen LogP contribution is 2.29. The second-order valence-corrected chi connectivity index (χ2v) is 8.84. The van der Waals surface area contributed by atoms with E-state index in [1.165, 1.54) is 13.3 Å². The van der Waals surface area contributed by atoms with E-state index in [9.17, 15) is 9.59 Å². The van der Waals surface area contributed by atoms with Crippen molar-refractivity contribution in [2.75, 3.05) is 20.2 Å². The monoisotopic (exact) mass is 485 g/mol. The van der Waals surface area contributed by atoms with Crippen molar-refractivity contribution in [2.24, 2.45) is 13.0 Å². The molecule has 34 heavy (non-hydrogen) atoms. The molecular formula is C23H28ClN7O3. The number of hydrogen-bond donors (Lipinski definition) is 2. The number of aromatic nitrogens is 5. The molecule has 1 aliphatic heterocycles. The molecule has 2 amide bonds. The largest absolute Gasteiger partial charge is 0.481 e. The molecule has 11 heteroatoms. The van der Waals surface area contributed by atoms with Crippen molar-refractivity contribution in [1.29, 1.82) is 0 Å². The summed E-state index contributed by atoms with van der Waals surface area (Å²) in [6.45, 7) is 5.38. The summed E-state index contributed by atoms with van der Waals surface area (Å²) in [7, 11) is 3.41. The Kier molecular flexibility index (Phi) is 6.87. The van der Waals surface area contributed by atoms with Crippen molar-refractivity contribution in [2.45, 2.75) is 33.2 Å². The fraction of sp³-hybridized carbons (Fsp3) is 0.435. The van der Waals surface area contributed by atoms with Crippen LogP contribution in [0.2, 0.25) is 5.02 Å². The first-order valence-corrected chi connectivity index (χ1v) is 11.5. The summed E-state index contributed by atoms with van der Waals surface area (Å²) in [6, 6.07) is 3.35. The molecular weight excluding hydrogens is 458 g/mol. The Bertz CT molecular complexity index is 1210. The Morgan fingerprint density at radius 2 is 2.00 bits per heavy atom. The molecule has 0 bridgehead atoms. The number of piperidine rings is 1. The zero-order valence-corrected chi connectivity index (χ0v) is 20.4. The SMILES string of the molecule is COc1cc(-c2cc(C(=O)N3CCC(C(=O)NCc4c(C)nn(C)c4C)CC3)n[nH]2)c(Cl)cn1. The molecule has 0 radical (unpaired) electrons. The molecule has 1 fully saturated rings. The number of halogens is 1. The molecule has 1 saturated heterocycles. The van der Waals surface area contributed by atoms with Crippen molar-refractivity contribution in [3.05, 3.63) is 46.0 Å². The van der Waals surface area contributed by atoms with E-state index < -0.39 is 0 Å². The number of rotatable bonds is 6. The molecule has 3 aromatic heterocycles. The predicted octanol–water partition coefficient (Wildman–Crippen LogP) is 2.65. The number of hydrogen-bond acceptors (Lipinski definition) is 6. The number of methoxy groups -OCH3 is 1. The number of carbonyl (C=O) groups excluding carboxylic acids is 2. The third-order valence-electron chi connectivity index (χ3n) is 6.38. The van der Waals surface area contributed by atoms with Gasteiger partial charge in [0.05, 0.1) is 29.7 Å². The molecule has 1 aliphatic rings. The van der Waals surface area contributed by atoms with Gasteiger partial charge in [-0.15, -0.1) is 0 Å². The van der Waals surface area contributed by atoms with Gasteiger partial charge in [0.25, 0.3) is 5.91 Å². The van der Waals surface area contributed by atoms with Gasteiger partial charge in [-0.25, -0.2) is 4.98 Å². The van der Waals surface area contributed by atoms with E-state index >= 15 is 0 Å². The number of carbonyl (C=O) groups is 2. The van der Waals surface area contributed by atoms with Crippen LogP contribution in [-0.4, -0.2) is 61.9 Å². The summed E-state index contributed by atoms with van der Waals surface area (Å²) in [4.78, 5) is 31.5. The van der Waals surface area contributed by atoms with E-state index in [1.54, 1.807) is 17.0 Å². The first-order valence-electron chi connectivity index (χ1n) is 11.1. The number of nitrogens with zero attached hydrogens (tertiary/aromatic N) is 5. The topological polar surface area (TPSA) is 118 Å². The zero-order chi connectivity index (χ0) is 24.4. The van der Waals surface area contributed by atoms with E-state index in [0.717, 1.165) is 17.0 Å². The van der Waals surface area contributed by atoms with E-state index in [1.807, 2.05) is 25.6 Å². The van der Waals surface area contributed by atoms with Crippen LogP contribution in [0.5, 0.6) is 5.88 Å². The van der Waals surface area contributed by atoms with E-state index in [2.05, 4.69) is 25.6 Å². The number of aromatic amines is 1. The summed E-state index contributed by atoms with van der Waals surface area (Å²) in [5.41, 5.74) is 4.56. The standard InChI is InChI=1S/C23H28ClN7O3/c1-13-17(14(2)30(3)29-13)11-26-22(32)15-5-7-31(8-6-15)23(33)20-10-19(27-28-20)16-9-21(34-4)25-12-18(16)24/h9-10,12,15H,5-8,11H2,1-4H3,(H,26,32)(H,27,28). The lowest BCUT2D eigenvalue weighted by molar-refractivity contribution is -0.126. The van der Waals surface area contributed by atoms with Gasteiger partial charge in [0, 0.05) is 55.5 Å². The lowest BCUT2D eigenvalue weighted by Gasteiger charge is -2.30. The first kappa shape index (κ1) is 23.7. The number of H-pyrrole nitrogens is 1. The normalized spacial score (nSPS) is 14.3. The Morgan fingerprint density at radius 1 is 1.26 bits per heavy atom. The Labute approximate surface area is 202 Å². The number of nitrogens with one attached hydrogen (secondary N) is 2. The minimum Gasteiger partial charge on any atom is -0.481 e. The fourth-order valence-electron chi connectivity index (χ4n) is 4.21. The van der Waals surface area contributed by atoms with Crippen LogP contribution in [0, 0.1) is 19.8 Å². The van der Waals surface area contributed by atoms with Gasteiger partial charge in [0.1, 0.15) is 0 Å². The molecule has 0 saturated carbocycles. The Hall–Kier alpha value is -3.40. The van der Waals surface area contributed by atoms with Gasteiger partial charge in [0.2, 0.25) is 11.8 Å². The van der Waals surface area contributed by atoms with Crippen LogP contribution >= 0.6 is 11.6 Å². The van der Waals surface area contributed by atoms with Crippen LogP contribution < -0.4 is 10.1 Å². The number of pyridine rings is 1. The van der Waals surface area contributed by atoms with Crippen molar-refractivity contribution in [1.82, 2.24) is 35.2 Å². The Balaban J connectivity index is 1.34. The minimum absolute atomic E-state index is 0.0121. The first-order chi connectivity index (χ1) is 16.3. The minimum atomic E-state index is -0.180. The molecule has 4 rings (SSSR count). The van der Waals surface area contributed by atoms with Crippen molar-refractivity contribution < 1.29 is 14.3 Å². The van der Waals surface area contributed by atoms with E-state index in [0.29, 0.717) is 60.3 Å². The summed E-state index contributed by atoms with van der Waals surface area (Å²) < 4.78 is 6.97. The van der Waals surface area contributed by atoms with E-state index in [-0.39, 0.29) is 17.7 Å². The predicted molar refractivity (Wildman–Crippen MR) is 127 cm³/mol. The molecule has 10 nitrogen and oxygen atoms in total. The molecule has 0 aromatic carbocycles. The average Bonchev–Trinajstić information content (AvgIpc) is 3.42. The maximum Gasteiger partial charge on any atom is 0.274 e. The Morgan fingerprint density at radius 3 is 2.65 bits per heavy atom. The van der Waals surface area contributed by atoms with Crippen LogP contribution in [0.25, 0.3) is 11.3 Å². The van der Waals surface area contributed by atoms with Gasteiger partial charge in [-0.3, -0.25) is 19.4 Å². The van der Waals surface area contributed by atoms with Crippen molar-refractivity contribution >= 4 is 23.4 Å². The maximum atomic E-state index is 13.0. The molecule has 0 unspecified atom stereocenters. The van der Waals surface area contributed by atoms with Crippen molar-refractivity contribution in [3.63, 3.8) is 0 Å². The number of aryl methyl sites for hydroxylation is 2. The van der Waals surface area contributed by atoms with Crippen LogP contribution in [0.15, 0.2) is 18.3 Å². The second kappa shape index (κ2) is 9.84. The fourth-order valence-corrected chi connectivity index (χ4v) is 4.41. The summed E-state index contributed by atoms with van der Waals surface area (Å²) in [6.07, 6.45) is 2.70. The average molecular weight is 486 g/mol. The smallest absolute Gasteiger partial charge is 0.274 e. The zero-order valence-electron chi connectivity index (χ0n) is 19.7. The van der Waals surface area contributed by atoms with E-state index in [4.69, 9.17) is 16.3 Å². The lowest BCUT2D eigenvalue weighted by atomic mass is 9.95.